The van der Waals surface area contributed by atoms with Crippen LogP contribution in [0.25, 0.3) is 0 Å². The molecular weight excluding hydrogens is 291 g/mol. The fourth-order valence-corrected chi connectivity index (χ4v) is 1.86. The fourth-order valence-electron chi connectivity index (χ4n) is 1.86. The van der Waals surface area contributed by atoms with Crippen molar-refractivity contribution >= 4 is 12.4 Å². The minimum atomic E-state index is -4.37. The van der Waals surface area contributed by atoms with Crippen LogP contribution < -0.4 is 10.5 Å². The van der Waals surface area contributed by atoms with E-state index < -0.39 is 11.7 Å². The predicted octanol–water partition coefficient (Wildman–Crippen LogP) is 4.57. The first-order valence-electron chi connectivity index (χ1n) is 6.26. The van der Waals surface area contributed by atoms with E-state index in [0.717, 1.165) is 25.0 Å². The van der Waals surface area contributed by atoms with Crippen LogP contribution in [0.2, 0.25) is 0 Å². The van der Waals surface area contributed by atoms with Gasteiger partial charge in [-0.15, -0.1) is 12.4 Å². The second-order valence-electron chi connectivity index (χ2n) is 5.03. The number of hydrogen-bond acceptors (Lipinski definition) is 2. The van der Waals surface area contributed by atoms with E-state index in [4.69, 9.17) is 10.5 Å². The van der Waals surface area contributed by atoms with Crippen LogP contribution in [0, 0.1) is 5.92 Å². The molecule has 0 aromatic heterocycles. The number of alkyl halides is 3. The zero-order valence-electron chi connectivity index (χ0n) is 11.8. The van der Waals surface area contributed by atoms with Gasteiger partial charge < -0.3 is 10.5 Å². The Morgan fingerprint density at radius 2 is 1.80 bits per heavy atom. The minimum absolute atomic E-state index is 0. The van der Waals surface area contributed by atoms with Gasteiger partial charge in [-0.05, 0) is 30.9 Å². The van der Waals surface area contributed by atoms with Crippen LogP contribution in [-0.2, 0) is 6.18 Å². The lowest BCUT2D eigenvalue weighted by Gasteiger charge is -2.18. The van der Waals surface area contributed by atoms with Gasteiger partial charge in [-0.2, -0.15) is 13.2 Å². The van der Waals surface area contributed by atoms with Gasteiger partial charge in [0.2, 0.25) is 0 Å². The molecule has 0 saturated heterocycles. The Balaban J connectivity index is 0.00000361. The number of ether oxygens (including phenoxy) is 1. The Kier molecular flexibility index (Phi) is 7.38. The summed E-state index contributed by atoms with van der Waals surface area (Å²) in [5.74, 6) is 0.706. The highest BCUT2D eigenvalue weighted by Crippen LogP contribution is 2.35. The van der Waals surface area contributed by atoms with Crippen LogP contribution >= 0.6 is 12.4 Å². The van der Waals surface area contributed by atoms with Crippen molar-refractivity contribution < 1.29 is 17.9 Å². The van der Waals surface area contributed by atoms with Crippen molar-refractivity contribution in [3.05, 3.63) is 29.3 Å². The summed E-state index contributed by atoms with van der Waals surface area (Å²) < 4.78 is 42.8. The molecule has 0 fully saturated rings. The number of methoxy groups -OCH3 is 1. The van der Waals surface area contributed by atoms with Crippen LogP contribution in [0.15, 0.2) is 18.2 Å². The molecule has 0 heterocycles. The Morgan fingerprint density at radius 3 is 2.25 bits per heavy atom. The molecule has 0 radical (unpaired) electrons. The molecule has 1 rings (SSSR count). The van der Waals surface area contributed by atoms with E-state index in [1.807, 2.05) is 0 Å². The Hall–Kier alpha value is -0.940. The van der Waals surface area contributed by atoms with Gasteiger partial charge in [0.1, 0.15) is 5.75 Å². The first-order chi connectivity index (χ1) is 8.75. The molecular formula is C14H21ClF3NO. The highest BCUT2D eigenvalue weighted by Gasteiger charge is 2.31. The Bertz CT molecular complexity index is 421. The molecule has 1 aromatic rings. The molecule has 0 saturated carbocycles. The molecule has 6 heteroatoms. The number of rotatable bonds is 5. The minimum Gasteiger partial charge on any atom is -0.496 e. The lowest BCUT2D eigenvalue weighted by Crippen LogP contribution is -2.14. The van der Waals surface area contributed by atoms with Gasteiger partial charge in [-0.1, -0.05) is 19.9 Å². The van der Waals surface area contributed by atoms with Gasteiger partial charge in [0.05, 0.1) is 12.7 Å². The lowest BCUT2D eigenvalue weighted by atomic mass is 9.96. The van der Waals surface area contributed by atoms with E-state index in [0.29, 0.717) is 11.5 Å². The highest BCUT2D eigenvalue weighted by atomic mass is 35.5. The van der Waals surface area contributed by atoms with E-state index in [2.05, 4.69) is 13.8 Å². The number of halogens is 4. The summed E-state index contributed by atoms with van der Waals surface area (Å²) in [5, 5.41) is 0. The summed E-state index contributed by atoms with van der Waals surface area (Å²) in [6.45, 7) is 4.16. The van der Waals surface area contributed by atoms with Gasteiger partial charge in [-0.25, -0.2) is 0 Å². The largest absolute Gasteiger partial charge is 0.496 e. The summed E-state index contributed by atoms with van der Waals surface area (Å²) >= 11 is 0. The second kappa shape index (κ2) is 7.74. The smallest absolute Gasteiger partial charge is 0.416 e. The molecule has 116 valence electrons. The van der Waals surface area contributed by atoms with Crippen molar-refractivity contribution in [1.29, 1.82) is 0 Å². The summed E-state index contributed by atoms with van der Waals surface area (Å²) in [6.07, 6.45) is -2.72. The summed E-state index contributed by atoms with van der Waals surface area (Å²) in [7, 11) is 1.36. The van der Waals surface area contributed by atoms with E-state index in [1.54, 1.807) is 0 Å². The standard InChI is InChI=1S/C14H20F3NO.ClH/c1-9(2)4-7-12(18)11-6-5-10(14(15,16)17)8-13(11)19-3;/h5-6,8-9,12H,4,7,18H2,1-3H3;1H/t12-;/m1./s1. The van der Waals surface area contributed by atoms with E-state index in [9.17, 15) is 13.2 Å². The van der Waals surface area contributed by atoms with Gasteiger partial charge in [0.15, 0.2) is 0 Å². The molecule has 0 unspecified atom stereocenters. The van der Waals surface area contributed by atoms with Crippen molar-refractivity contribution in [2.75, 3.05) is 7.11 Å². The van der Waals surface area contributed by atoms with Crippen molar-refractivity contribution in [3.63, 3.8) is 0 Å². The van der Waals surface area contributed by atoms with Crippen molar-refractivity contribution in [2.45, 2.75) is 38.9 Å². The normalized spacial score (nSPS) is 13.0. The molecule has 0 bridgehead atoms. The average molecular weight is 312 g/mol. The summed E-state index contributed by atoms with van der Waals surface area (Å²) in [4.78, 5) is 0. The predicted molar refractivity (Wildman–Crippen MR) is 76.2 cm³/mol. The quantitative estimate of drug-likeness (QED) is 0.864. The molecule has 20 heavy (non-hydrogen) atoms. The van der Waals surface area contributed by atoms with Crippen LogP contribution in [0.1, 0.15) is 43.9 Å². The number of hydrogen-bond donors (Lipinski definition) is 1. The van der Waals surface area contributed by atoms with E-state index in [1.165, 1.54) is 13.2 Å². The van der Waals surface area contributed by atoms with Crippen LogP contribution in [0.5, 0.6) is 5.75 Å². The molecule has 0 aliphatic carbocycles. The third-order valence-electron chi connectivity index (χ3n) is 3.02. The maximum Gasteiger partial charge on any atom is 0.416 e. The topological polar surface area (TPSA) is 35.2 Å². The fraction of sp³-hybridized carbons (Fsp3) is 0.571. The van der Waals surface area contributed by atoms with Crippen molar-refractivity contribution in [3.8, 4) is 5.75 Å². The molecule has 1 aromatic carbocycles. The van der Waals surface area contributed by atoms with Gasteiger partial charge in [-0.3, -0.25) is 0 Å². The van der Waals surface area contributed by atoms with Crippen LogP contribution in [-0.4, -0.2) is 7.11 Å². The van der Waals surface area contributed by atoms with Crippen LogP contribution in [0.4, 0.5) is 13.2 Å². The Labute approximate surface area is 123 Å². The van der Waals surface area contributed by atoms with E-state index >= 15 is 0 Å². The average Bonchev–Trinajstić information content (AvgIpc) is 2.33. The second-order valence-corrected chi connectivity index (χ2v) is 5.03. The number of benzene rings is 1. The van der Waals surface area contributed by atoms with Gasteiger partial charge in [0, 0.05) is 11.6 Å². The third kappa shape index (κ3) is 5.21. The van der Waals surface area contributed by atoms with Crippen molar-refractivity contribution in [1.82, 2.24) is 0 Å². The molecule has 0 aliphatic heterocycles. The number of nitrogens with two attached hydrogens (primary N) is 1. The molecule has 1 atom stereocenters. The van der Waals surface area contributed by atoms with Crippen LogP contribution in [0.3, 0.4) is 0 Å². The monoisotopic (exact) mass is 311 g/mol. The molecule has 0 aliphatic rings. The maximum atomic E-state index is 12.6. The molecule has 2 N–H and O–H groups in total. The summed E-state index contributed by atoms with van der Waals surface area (Å²) in [5.41, 5.74) is 5.92. The molecule has 2 nitrogen and oxygen atoms in total. The first kappa shape index (κ1) is 19.1. The van der Waals surface area contributed by atoms with Gasteiger partial charge >= 0.3 is 6.18 Å². The lowest BCUT2D eigenvalue weighted by molar-refractivity contribution is -0.137. The maximum absolute atomic E-state index is 12.6. The van der Waals surface area contributed by atoms with E-state index in [-0.39, 0.29) is 24.2 Å². The third-order valence-corrected chi connectivity index (χ3v) is 3.02. The molecule has 0 amide bonds. The Morgan fingerprint density at radius 1 is 1.20 bits per heavy atom. The van der Waals surface area contributed by atoms with Crippen molar-refractivity contribution in [2.24, 2.45) is 11.7 Å². The first-order valence-corrected chi connectivity index (χ1v) is 6.26. The zero-order valence-corrected chi connectivity index (χ0v) is 12.6. The summed E-state index contributed by atoms with van der Waals surface area (Å²) in [6, 6.07) is 3.16. The van der Waals surface area contributed by atoms with Gasteiger partial charge in [0.25, 0.3) is 0 Å². The molecule has 0 spiro atoms. The SMILES string of the molecule is COc1cc(C(F)(F)F)ccc1[C@H](N)CCC(C)C.Cl. The highest BCUT2D eigenvalue weighted by molar-refractivity contribution is 5.85. The zero-order chi connectivity index (χ0) is 14.6.